The molecule has 6 nitrogen and oxygen atoms in total. The van der Waals surface area contributed by atoms with Crippen LogP contribution in [-0.2, 0) is 19.1 Å². The van der Waals surface area contributed by atoms with Crippen molar-refractivity contribution < 1.29 is 24.2 Å². The molecule has 0 bridgehead atoms. The normalized spacial score (nSPS) is 12.4. The van der Waals surface area contributed by atoms with Crippen molar-refractivity contribution >= 4 is 17.8 Å². The van der Waals surface area contributed by atoms with E-state index < -0.39 is 5.97 Å². The molecule has 1 atom stereocenters. The third-order valence-corrected chi connectivity index (χ3v) is 7.52. The second-order valence-electron chi connectivity index (χ2n) is 11.8. The molecule has 0 spiro atoms. The second-order valence-corrected chi connectivity index (χ2v) is 11.8. The lowest BCUT2D eigenvalue weighted by Crippen LogP contribution is -2.28. The highest BCUT2D eigenvalue weighted by molar-refractivity contribution is 5.80. The molecule has 0 aromatic carbocycles. The van der Waals surface area contributed by atoms with Crippen LogP contribution in [0.2, 0.25) is 0 Å². The Labute approximate surface area is 264 Å². The van der Waals surface area contributed by atoms with Gasteiger partial charge < -0.3 is 15.2 Å². The summed E-state index contributed by atoms with van der Waals surface area (Å²) in [6.07, 6.45) is 38.4. The van der Waals surface area contributed by atoms with Crippen molar-refractivity contribution in [3.8, 4) is 0 Å². The largest absolute Gasteiger partial charge is 0.480 e. The maximum atomic E-state index is 12.6. The van der Waals surface area contributed by atoms with E-state index in [2.05, 4.69) is 49.5 Å². The fraction of sp³-hybridized carbons (Fsp3) is 0.757. The van der Waals surface area contributed by atoms with Crippen LogP contribution in [0.5, 0.6) is 0 Å². The van der Waals surface area contributed by atoms with Gasteiger partial charge in [-0.2, -0.15) is 0 Å². The number of carboxylic acids is 1. The van der Waals surface area contributed by atoms with Crippen molar-refractivity contribution in [3.63, 3.8) is 0 Å². The van der Waals surface area contributed by atoms with E-state index in [1.165, 1.54) is 77.0 Å². The summed E-state index contributed by atoms with van der Waals surface area (Å²) >= 11 is 0. The van der Waals surface area contributed by atoms with Gasteiger partial charge in [0.2, 0.25) is 5.91 Å². The molecule has 248 valence electrons. The first kappa shape index (κ1) is 40.6. The van der Waals surface area contributed by atoms with Gasteiger partial charge in [-0.15, -0.1) is 0 Å². The van der Waals surface area contributed by atoms with E-state index in [0.717, 1.165) is 64.2 Å². The zero-order chi connectivity index (χ0) is 31.6. The molecule has 1 unspecified atom stereocenters. The summed E-state index contributed by atoms with van der Waals surface area (Å²) in [5, 5.41) is 11.0. The standard InChI is InChI=1S/C37H65NO5/c1-3-5-7-9-11-13-14-15-16-17-18-20-22-28-32-37(42)43-34(29-25-21-19-12-10-8-6-4-2)30-26-23-24-27-31-35(39)38-33-36(40)41/h12,14-15,19,25,29,34H,3-11,13,16-18,20-24,26-28,30-33H2,1-2H3,(H,38,39)(H,40,41)/b15-14-,19-12-,29-25-. The Morgan fingerprint density at radius 1 is 0.628 bits per heavy atom. The van der Waals surface area contributed by atoms with Crippen molar-refractivity contribution in [2.24, 2.45) is 0 Å². The fourth-order valence-electron chi connectivity index (χ4n) is 4.87. The predicted molar refractivity (Wildman–Crippen MR) is 180 cm³/mol. The molecule has 0 aliphatic carbocycles. The number of carboxylic acid groups (broad SMARTS) is 1. The van der Waals surface area contributed by atoms with Gasteiger partial charge in [-0.05, 0) is 76.7 Å². The molecule has 0 saturated carbocycles. The van der Waals surface area contributed by atoms with Crippen LogP contribution in [-0.4, -0.2) is 35.6 Å². The third-order valence-electron chi connectivity index (χ3n) is 7.52. The molecule has 43 heavy (non-hydrogen) atoms. The first-order chi connectivity index (χ1) is 21.0. The van der Waals surface area contributed by atoms with Gasteiger partial charge in [-0.1, -0.05) is 115 Å². The second kappa shape index (κ2) is 32.5. The van der Waals surface area contributed by atoms with Crippen molar-refractivity contribution in [2.45, 2.75) is 174 Å². The zero-order valence-electron chi connectivity index (χ0n) is 27.8. The molecule has 6 heteroatoms. The Balaban J connectivity index is 4.22. The quantitative estimate of drug-likeness (QED) is 0.0467. The monoisotopic (exact) mass is 603 g/mol. The first-order valence-electron chi connectivity index (χ1n) is 17.6. The van der Waals surface area contributed by atoms with Gasteiger partial charge in [0.1, 0.15) is 12.6 Å². The minimum atomic E-state index is -1.03. The van der Waals surface area contributed by atoms with E-state index in [4.69, 9.17) is 9.84 Å². The van der Waals surface area contributed by atoms with Crippen LogP contribution in [0.15, 0.2) is 36.5 Å². The number of allylic oxidation sites excluding steroid dienone is 5. The maximum absolute atomic E-state index is 12.6. The summed E-state index contributed by atoms with van der Waals surface area (Å²) < 4.78 is 5.84. The van der Waals surface area contributed by atoms with Gasteiger partial charge in [0, 0.05) is 12.8 Å². The third kappa shape index (κ3) is 32.4. The number of carbonyl (C=O) groups excluding carboxylic acids is 2. The van der Waals surface area contributed by atoms with E-state index in [9.17, 15) is 14.4 Å². The topological polar surface area (TPSA) is 92.7 Å². The number of aliphatic carboxylic acids is 1. The molecule has 0 aliphatic rings. The highest BCUT2D eigenvalue weighted by atomic mass is 16.5. The Morgan fingerprint density at radius 2 is 1.14 bits per heavy atom. The summed E-state index contributed by atoms with van der Waals surface area (Å²) in [6.45, 7) is 4.14. The van der Waals surface area contributed by atoms with Crippen molar-refractivity contribution in [2.75, 3.05) is 6.54 Å². The van der Waals surface area contributed by atoms with Crippen LogP contribution >= 0.6 is 0 Å². The fourth-order valence-corrected chi connectivity index (χ4v) is 4.87. The van der Waals surface area contributed by atoms with Gasteiger partial charge in [0.25, 0.3) is 0 Å². The number of nitrogens with one attached hydrogen (secondary N) is 1. The SMILES string of the molecule is CCCCC/C=C\C/C=C\C(CCCCCCC(=O)NCC(=O)O)OC(=O)CCCCCCC/C=C\CCCCCCC. The molecule has 0 aromatic rings. The zero-order valence-corrected chi connectivity index (χ0v) is 27.8. The van der Waals surface area contributed by atoms with Crippen LogP contribution in [0.25, 0.3) is 0 Å². The number of rotatable bonds is 31. The lowest BCUT2D eigenvalue weighted by molar-refractivity contribution is -0.147. The molecule has 0 rings (SSSR count). The summed E-state index contributed by atoms with van der Waals surface area (Å²) in [5.41, 5.74) is 0. The Kier molecular flexibility index (Phi) is 30.7. The number of esters is 1. The number of ether oxygens (including phenoxy) is 1. The molecule has 0 aliphatic heterocycles. The lowest BCUT2D eigenvalue weighted by Gasteiger charge is -2.14. The maximum Gasteiger partial charge on any atom is 0.322 e. The van der Waals surface area contributed by atoms with Crippen molar-refractivity contribution in [1.82, 2.24) is 5.32 Å². The molecule has 0 aromatic heterocycles. The van der Waals surface area contributed by atoms with E-state index in [-0.39, 0.29) is 24.5 Å². The number of hydrogen-bond acceptors (Lipinski definition) is 4. The van der Waals surface area contributed by atoms with E-state index in [0.29, 0.717) is 12.8 Å². The minimum absolute atomic E-state index is 0.110. The smallest absolute Gasteiger partial charge is 0.322 e. The first-order valence-corrected chi connectivity index (χ1v) is 17.6. The van der Waals surface area contributed by atoms with E-state index >= 15 is 0 Å². The Morgan fingerprint density at radius 3 is 1.79 bits per heavy atom. The van der Waals surface area contributed by atoms with Crippen LogP contribution in [0.3, 0.4) is 0 Å². The van der Waals surface area contributed by atoms with Crippen LogP contribution in [0, 0.1) is 0 Å². The van der Waals surface area contributed by atoms with Gasteiger partial charge in [0.05, 0.1) is 0 Å². The van der Waals surface area contributed by atoms with Crippen molar-refractivity contribution in [1.29, 1.82) is 0 Å². The number of amides is 1. The average Bonchev–Trinajstić information content (AvgIpc) is 2.99. The lowest BCUT2D eigenvalue weighted by atomic mass is 10.1. The highest BCUT2D eigenvalue weighted by Gasteiger charge is 2.11. The molecule has 0 saturated heterocycles. The van der Waals surface area contributed by atoms with Gasteiger partial charge in [-0.25, -0.2) is 0 Å². The van der Waals surface area contributed by atoms with Gasteiger partial charge >= 0.3 is 11.9 Å². The van der Waals surface area contributed by atoms with Gasteiger partial charge in [0.15, 0.2) is 0 Å². The predicted octanol–water partition coefficient (Wildman–Crippen LogP) is 10.2. The number of hydrogen-bond donors (Lipinski definition) is 2. The van der Waals surface area contributed by atoms with Gasteiger partial charge in [-0.3, -0.25) is 14.4 Å². The molecular weight excluding hydrogens is 538 g/mol. The average molecular weight is 604 g/mol. The summed E-state index contributed by atoms with van der Waals surface area (Å²) in [6, 6.07) is 0. The molecule has 0 fully saturated rings. The minimum Gasteiger partial charge on any atom is -0.480 e. The summed E-state index contributed by atoms with van der Waals surface area (Å²) in [4.78, 5) is 34.7. The van der Waals surface area contributed by atoms with E-state index in [1.54, 1.807) is 0 Å². The Hall–Kier alpha value is -2.37. The van der Waals surface area contributed by atoms with Crippen molar-refractivity contribution in [3.05, 3.63) is 36.5 Å². The Bertz CT molecular complexity index is 758. The van der Waals surface area contributed by atoms with Crippen LogP contribution in [0.1, 0.15) is 168 Å². The number of carbonyl (C=O) groups is 3. The summed E-state index contributed by atoms with van der Waals surface area (Å²) in [7, 11) is 0. The molecule has 0 radical (unpaired) electrons. The molecule has 0 heterocycles. The van der Waals surface area contributed by atoms with Crippen LogP contribution in [0.4, 0.5) is 0 Å². The van der Waals surface area contributed by atoms with E-state index in [1.807, 2.05) is 6.08 Å². The molecule has 2 N–H and O–H groups in total. The van der Waals surface area contributed by atoms with Crippen LogP contribution < -0.4 is 5.32 Å². The highest BCUT2D eigenvalue weighted by Crippen LogP contribution is 2.14. The molecular formula is C37H65NO5. The summed E-state index contributed by atoms with van der Waals surface area (Å²) in [5.74, 6) is -1.36. The number of unbranched alkanes of at least 4 members (excludes halogenated alkanes) is 16. The molecule has 1 amide bonds.